The Morgan fingerprint density at radius 2 is 1.83 bits per heavy atom. The summed E-state index contributed by atoms with van der Waals surface area (Å²) in [5.41, 5.74) is 1.35. The van der Waals surface area contributed by atoms with E-state index in [9.17, 15) is 9.59 Å². The van der Waals surface area contributed by atoms with Gasteiger partial charge in [-0.2, -0.15) is 0 Å². The third-order valence-corrected chi connectivity index (χ3v) is 4.70. The number of rotatable bonds is 9. The maximum Gasteiger partial charge on any atom is 0.261 e. The molecule has 1 amide bonds. The van der Waals surface area contributed by atoms with E-state index in [1.165, 1.54) is 0 Å². The fourth-order valence-corrected chi connectivity index (χ4v) is 3.15. The molecule has 0 saturated carbocycles. The molecule has 0 unspecified atom stereocenters. The number of anilines is 1. The highest BCUT2D eigenvalue weighted by Crippen LogP contribution is 2.29. The Hall–Kier alpha value is -3.35. The van der Waals surface area contributed by atoms with Crippen LogP contribution in [0.5, 0.6) is 11.5 Å². The molecule has 0 aliphatic carbocycles. The van der Waals surface area contributed by atoms with E-state index in [4.69, 9.17) is 9.47 Å². The molecule has 3 aromatic rings. The zero-order valence-electron chi connectivity index (χ0n) is 16.7. The fraction of sp³-hybridized carbons (Fsp3) is 0.318. The molecule has 7 nitrogen and oxygen atoms in total. The number of carbonyl (C=O) groups excluding carboxylic acids is 1. The first-order valence-electron chi connectivity index (χ1n) is 9.58. The number of ether oxygens (including phenoxy) is 2. The average molecular weight is 395 g/mol. The number of nitrogens with one attached hydrogen (secondary N) is 1. The van der Waals surface area contributed by atoms with Gasteiger partial charge in [0.15, 0.2) is 11.5 Å². The van der Waals surface area contributed by atoms with Crippen LogP contribution < -0.4 is 20.3 Å². The van der Waals surface area contributed by atoms with E-state index in [2.05, 4.69) is 10.3 Å². The van der Waals surface area contributed by atoms with Crippen molar-refractivity contribution in [3.8, 4) is 11.5 Å². The lowest BCUT2D eigenvalue weighted by atomic mass is 10.1. The predicted molar refractivity (Wildman–Crippen MR) is 113 cm³/mol. The Kier molecular flexibility index (Phi) is 6.84. The summed E-state index contributed by atoms with van der Waals surface area (Å²) in [5, 5.41) is 3.50. The number of para-hydroxylation sites is 1. The number of benzene rings is 2. The van der Waals surface area contributed by atoms with Crippen LogP contribution in [-0.4, -0.2) is 29.7 Å². The van der Waals surface area contributed by atoms with Crippen molar-refractivity contribution in [3.05, 3.63) is 59.1 Å². The molecule has 0 radical (unpaired) electrons. The second-order valence-electron chi connectivity index (χ2n) is 6.69. The summed E-state index contributed by atoms with van der Waals surface area (Å²) < 4.78 is 12.1. The van der Waals surface area contributed by atoms with Gasteiger partial charge in [0.25, 0.3) is 5.56 Å². The second kappa shape index (κ2) is 9.73. The van der Waals surface area contributed by atoms with E-state index in [1.807, 2.05) is 18.2 Å². The van der Waals surface area contributed by atoms with Gasteiger partial charge >= 0.3 is 0 Å². The number of hydrogen-bond donors (Lipinski definition) is 1. The van der Waals surface area contributed by atoms with Crippen LogP contribution in [0, 0.1) is 0 Å². The lowest BCUT2D eigenvalue weighted by molar-refractivity contribution is -0.116. The number of methoxy groups -OCH3 is 2. The molecule has 0 spiro atoms. The quantitative estimate of drug-likeness (QED) is 0.560. The number of aromatic nitrogens is 2. The second-order valence-corrected chi connectivity index (χ2v) is 6.69. The Labute approximate surface area is 169 Å². The number of amides is 1. The van der Waals surface area contributed by atoms with Crippen LogP contribution in [0.15, 0.2) is 53.6 Å². The fourth-order valence-electron chi connectivity index (χ4n) is 3.15. The molecule has 0 atom stereocenters. The largest absolute Gasteiger partial charge is 0.493 e. The zero-order valence-corrected chi connectivity index (χ0v) is 16.7. The van der Waals surface area contributed by atoms with E-state index in [-0.39, 0.29) is 11.5 Å². The van der Waals surface area contributed by atoms with E-state index >= 15 is 0 Å². The minimum absolute atomic E-state index is 0.0261. The van der Waals surface area contributed by atoms with E-state index in [0.29, 0.717) is 41.1 Å². The Bertz CT molecular complexity index is 1050. The molecule has 29 heavy (non-hydrogen) atoms. The van der Waals surface area contributed by atoms with Crippen LogP contribution in [0.1, 0.15) is 25.7 Å². The molecular weight excluding hydrogens is 370 g/mol. The molecule has 1 heterocycles. The third-order valence-electron chi connectivity index (χ3n) is 4.70. The lowest BCUT2D eigenvalue weighted by Crippen LogP contribution is -2.20. The van der Waals surface area contributed by atoms with Gasteiger partial charge in [-0.3, -0.25) is 14.2 Å². The van der Waals surface area contributed by atoms with Gasteiger partial charge in [0.1, 0.15) is 0 Å². The summed E-state index contributed by atoms with van der Waals surface area (Å²) in [6.07, 6.45) is 4.41. The standard InChI is InChI=1S/C22H25N3O4/c1-28-19-12-11-16(14-20(19)29-2)24-21(26)10-4-3-7-13-25-15-23-18-9-6-5-8-17(18)22(25)27/h5-6,8-9,11-12,14-15H,3-4,7,10,13H2,1-2H3,(H,24,26). The first kappa shape index (κ1) is 20.4. The van der Waals surface area contributed by atoms with Crippen molar-refractivity contribution in [1.29, 1.82) is 0 Å². The van der Waals surface area contributed by atoms with Crippen molar-refractivity contribution in [2.45, 2.75) is 32.2 Å². The number of carbonyl (C=O) groups is 1. The van der Waals surface area contributed by atoms with E-state index in [1.54, 1.807) is 49.4 Å². The SMILES string of the molecule is COc1ccc(NC(=O)CCCCCn2cnc3ccccc3c2=O)cc1OC. The summed E-state index contributed by atoms with van der Waals surface area (Å²) in [5.74, 6) is 1.13. The van der Waals surface area contributed by atoms with Gasteiger partial charge in [-0.25, -0.2) is 4.98 Å². The van der Waals surface area contributed by atoms with Gasteiger partial charge in [0, 0.05) is 24.7 Å². The molecule has 0 aliphatic heterocycles. The first-order chi connectivity index (χ1) is 14.1. The van der Waals surface area contributed by atoms with Crippen molar-refractivity contribution in [2.24, 2.45) is 0 Å². The van der Waals surface area contributed by atoms with Crippen LogP contribution in [-0.2, 0) is 11.3 Å². The minimum atomic E-state index is -0.0539. The average Bonchev–Trinajstić information content (AvgIpc) is 2.75. The molecule has 1 N–H and O–H groups in total. The zero-order chi connectivity index (χ0) is 20.6. The third kappa shape index (κ3) is 5.13. The van der Waals surface area contributed by atoms with Gasteiger partial charge in [0.2, 0.25) is 5.91 Å². The first-order valence-corrected chi connectivity index (χ1v) is 9.58. The number of aryl methyl sites for hydroxylation is 1. The van der Waals surface area contributed by atoms with Gasteiger partial charge in [-0.1, -0.05) is 18.6 Å². The van der Waals surface area contributed by atoms with Gasteiger partial charge in [-0.15, -0.1) is 0 Å². The van der Waals surface area contributed by atoms with Crippen molar-refractivity contribution in [3.63, 3.8) is 0 Å². The van der Waals surface area contributed by atoms with Gasteiger partial charge in [-0.05, 0) is 37.1 Å². The van der Waals surface area contributed by atoms with E-state index < -0.39 is 0 Å². The molecule has 0 fully saturated rings. The Morgan fingerprint density at radius 3 is 2.62 bits per heavy atom. The molecule has 0 bridgehead atoms. The normalized spacial score (nSPS) is 10.7. The van der Waals surface area contributed by atoms with Crippen molar-refractivity contribution < 1.29 is 14.3 Å². The molecule has 0 saturated heterocycles. The molecule has 1 aromatic heterocycles. The predicted octanol–water partition coefficient (Wildman–Crippen LogP) is 3.61. The van der Waals surface area contributed by atoms with Crippen molar-refractivity contribution >= 4 is 22.5 Å². The van der Waals surface area contributed by atoms with Gasteiger partial charge in [0.05, 0.1) is 31.4 Å². The maximum absolute atomic E-state index is 12.4. The van der Waals surface area contributed by atoms with Crippen LogP contribution in [0.4, 0.5) is 5.69 Å². The minimum Gasteiger partial charge on any atom is -0.493 e. The number of fused-ring (bicyclic) bond motifs is 1. The van der Waals surface area contributed by atoms with Crippen LogP contribution in [0.25, 0.3) is 10.9 Å². The summed E-state index contributed by atoms with van der Waals surface area (Å²) in [7, 11) is 3.12. The summed E-state index contributed by atoms with van der Waals surface area (Å²) in [6.45, 7) is 0.591. The van der Waals surface area contributed by atoms with Crippen molar-refractivity contribution in [2.75, 3.05) is 19.5 Å². The molecular formula is C22H25N3O4. The van der Waals surface area contributed by atoms with Crippen LogP contribution in [0.2, 0.25) is 0 Å². The Morgan fingerprint density at radius 1 is 1.03 bits per heavy atom. The number of nitrogens with zero attached hydrogens (tertiary/aromatic N) is 2. The molecule has 152 valence electrons. The van der Waals surface area contributed by atoms with Crippen LogP contribution in [0.3, 0.4) is 0 Å². The van der Waals surface area contributed by atoms with Crippen molar-refractivity contribution in [1.82, 2.24) is 9.55 Å². The molecule has 0 aliphatic rings. The van der Waals surface area contributed by atoms with Gasteiger partial charge < -0.3 is 14.8 Å². The van der Waals surface area contributed by atoms with E-state index in [0.717, 1.165) is 19.3 Å². The highest BCUT2D eigenvalue weighted by atomic mass is 16.5. The topological polar surface area (TPSA) is 82.5 Å². The summed E-state index contributed by atoms with van der Waals surface area (Å²) >= 11 is 0. The number of unbranched alkanes of at least 4 members (excludes halogenated alkanes) is 2. The summed E-state index contributed by atoms with van der Waals surface area (Å²) in [6, 6.07) is 12.6. The molecule has 3 rings (SSSR count). The maximum atomic E-state index is 12.4. The van der Waals surface area contributed by atoms with Crippen LogP contribution >= 0.6 is 0 Å². The highest BCUT2D eigenvalue weighted by molar-refractivity contribution is 5.91. The molecule has 7 heteroatoms. The Balaban J connectivity index is 1.44. The highest BCUT2D eigenvalue weighted by Gasteiger charge is 2.08. The summed E-state index contributed by atoms with van der Waals surface area (Å²) in [4.78, 5) is 28.9. The number of hydrogen-bond acceptors (Lipinski definition) is 5. The monoisotopic (exact) mass is 395 g/mol. The smallest absolute Gasteiger partial charge is 0.261 e. The lowest BCUT2D eigenvalue weighted by Gasteiger charge is -2.10. The molecule has 2 aromatic carbocycles.